The molecule has 0 spiro atoms. The lowest BCUT2D eigenvalue weighted by Gasteiger charge is -2.13. The summed E-state index contributed by atoms with van der Waals surface area (Å²) in [7, 11) is 0. The number of fused-ring (bicyclic) bond motifs is 1. The van der Waals surface area contributed by atoms with Gasteiger partial charge in [0.1, 0.15) is 0 Å². The molecule has 1 aromatic carbocycles. The van der Waals surface area contributed by atoms with Gasteiger partial charge in [-0.1, -0.05) is 50.5 Å². The Morgan fingerprint density at radius 2 is 2.09 bits per heavy atom. The molecule has 0 aliphatic carbocycles. The summed E-state index contributed by atoms with van der Waals surface area (Å²) >= 11 is 0. The second kappa shape index (κ2) is 7.71. The van der Waals surface area contributed by atoms with E-state index in [4.69, 9.17) is 5.11 Å². The molecule has 22 heavy (non-hydrogen) atoms. The highest BCUT2D eigenvalue weighted by Gasteiger charge is 2.12. The number of aliphatic carboxylic acids is 1. The summed E-state index contributed by atoms with van der Waals surface area (Å²) in [5.41, 5.74) is 2.11. The standard InChI is InChI=1S/C18H21NO3/c1-2-3-4-8-16(20)15-7-5-6-13-9-10-14(19-18(13)15)11-12-17(21)22/h5-7,9-12,16,20H,2-4,8H2,1H3,(H,21,22)/b12-11+. The first-order valence-electron chi connectivity index (χ1n) is 7.60. The number of carbonyl (C=O) groups is 1. The first-order chi connectivity index (χ1) is 10.6. The first-order valence-corrected chi connectivity index (χ1v) is 7.60. The highest BCUT2D eigenvalue weighted by atomic mass is 16.4. The summed E-state index contributed by atoms with van der Waals surface area (Å²) in [5.74, 6) is -1.00. The molecule has 0 amide bonds. The summed E-state index contributed by atoms with van der Waals surface area (Å²) in [6.07, 6.45) is 5.89. The molecule has 1 unspecified atom stereocenters. The van der Waals surface area contributed by atoms with Crippen LogP contribution in [0.3, 0.4) is 0 Å². The van der Waals surface area contributed by atoms with E-state index < -0.39 is 12.1 Å². The molecule has 0 bridgehead atoms. The van der Waals surface area contributed by atoms with Crippen LogP contribution in [0.1, 0.15) is 50.0 Å². The van der Waals surface area contributed by atoms with Crippen LogP contribution >= 0.6 is 0 Å². The molecule has 2 aromatic rings. The number of para-hydroxylation sites is 1. The van der Waals surface area contributed by atoms with Gasteiger partial charge in [0.2, 0.25) is 0 Å². The Morgan fingerprint density at radius 1 is 1.27 bits per heavy atom. The lowest BCUT2D eigenvalue weighted by atomic mass is 10.00. The van der Waals surface area contributed by atoms with E-state index in [0.717, 1.165) is 41.8 Å². The zero-order chi connectivity index (χ0) is 15.9. The van der Waals surface area contributed by atoms with E-state index in [2.05, 4.69) is 11.9 Å². The van der Waals surface area contributed by atoms with Crippen LogP contribution < -0.4 is 0 Å². The van der Waals surface area contributed by atoms with E-state index in [1.165, 1.54) is 6.08 Å². The normalized spacial score (nSPS) is 12.8. The number of aliphatic hydroxyl groups is 1. The van der Waals surface area contributed by atoms with Crippen LogP contribution in [0.2, 0.25) is 0 Å². The van der Waals surface area contributed by atoms with E-state index in [0.29, 0.717) is 12.1 Å². The van der Waals surface area contributed by atoms with Gasteiger partial charge in [-0.15, -0.1) is 0 Å². The third-order valence-corrected chi connectivity index (χ3v) is 3.61. The molecule has 116 valence electrons. The van der Waals surface area contributed by atoms with Gasteiger partial charge in [0.05, 0.1) is 17.3 Å². The minimum absolute atomic E-state index is 0.540. The third kappa shape index (κ3) is 4.15. The Hall–Kier alpha value is -2.20. The van der Waals surface area contributed by atoms with Crippen molar-refractivity contribution in [3.8, 4) is 0 Å². The lowest BCUT2D eigenvalue weighted by molar-refractivity contribution is -0.131. The van der Waals surface area contributed by atoms with Gasteiger partial charge >= 0.3 is 5.97 Å². The van der Waals surface area contributed by atoms with Crippen molar-refractivity contribution < 1.29 is 15.0 Å². The molecule has 1 atom stereocenters. The zero-order valence-corrected chi connectivity index (χ0v) is 12.7. The Kier molecular flexibility index (Phi) is 5.67. The predicted octanol–water partition coefficient (Wildman–Crippen LogP) is 3.95. The lowest BCUT2D eigenvalue weighted by Crippen LogP contribution is -2.00. The molecule has 4 nitrogen and oxygen atoms in total. The van der Waals surface area contributed by atoms with Crippen molar-refractivity contribution in [1.82, 2.24) is 4.98 Å². The highest BCUT2D eigenvalue weighted by molar-refractivity contribution is 5.87. The second-order valence-electron chi connectivity index (χ2n) is 5.34. The van der Waals surface area contributed by atoms with Crippen molar-refractivity contribution in [3.63, 3.8) is 0 Å². The molecular formula is C18H21NO3. The quantitative estimate of drug-likeness (QED) is 0.600. The zero-order valence-electron chi connectivity index (χ0n) is 12.7. The number of unbranched alkanes of at least 4 members (excludes halogenated alkanes) is 2. The van der Waals surface area contributed by atoms with Crippen LogP contribution in [0.5, 0.6) is 0 Å². The monoisotopic (exact) mass is 299 g/mol. The average molecular weight is 299 g/mol. The van der Waals surface area contributed by atoms with Crippen molar-refractivity contribution in [3.05, 3.63) is 47.7 Å². The molecule has 0 aliphatic heterocycles. The molecule has 0 aliphatic rings. The van der Waals surface area contributed by atoms with Gasteiger partial charge in [0, 0.05) is 17.0 Å². The van der Waals surface area contributed by atoms with Gasteiger partial charge in [-0.2, -0.15) is 0 Å². The minimum atomic E-state index is -1.00. The van der Waals surface area contributed by atoms with E-state index in [-0.39, 0.29) is 0 Å². The predicted molar refractivity (Wildman–Crippen MR) is 87.5 cm³/mol. The molecule has 2 N–H and O–H groups in total. The van der Waals surface area contributed by atoms with E-state index >= 15 is 0 Å². The van der Waals surface area contributed by atoms with Crippen molar-refractivity contribution in [2.75, 3.05) is 0 Å². The second-order valence-corrected chi connectivity index (χ2v) is 5.34. The number of pyridine rings is 1. The summed E-state index contributed by atoms with van der Waals surface area (Å²) in [4.78, 5) is 15.1. The smallest absolute Gasteiger partial charge is 0.328 e. The number of nitrogens with zero attached hydrogens (tertiary/aromatic N) is 1. The maximum atomic E-state index is 10.6. The third-order valence-electron chi connectivity index (χ3n) is 3.61. The van der Waals surface area contributed by atoms with Crippen LogP contribution in [-0.2, 0) is 4.79 Å². The van der Waals surface area contributed by atoms with Crippen molar-refractivity contribution >= 4 is 22.9 Å². The fourth-order valence-electron chi connectivity index (χ4n) is 2.45. The number of hydrogen-bond acceptors (Lipinski definition) is 3. The maximum Gasteiger partial charge on any atom is 0.328 e. The maximum absolute atomic E-state index is 10.6. The van der Waals surface area contributed by atoms with Crippen LogP contribution in [0, 0.1) is 0 Å². The largest absolute Gasteiger partial charge is 0.478 e. The fraction of sp³-hybridized carbons (Fsp3) is 0.333. The average Bonchev–Trinajstić information content (AvgIpc) is 2.52. The number of hydrogen-bond donors (Lipinski definition) is 2. The fourth-order valence-corrected chi connectivity index (χ4v) is 2.45. The molecule has 0 saturated carbocycles. The molecule has 1 heterocycles. The molecular weight excluding hydrogens is 278 g/mol. The number of aliphatic hydroxyl groups excluding tert-OH is 1. The summed E-state index contributed by atoms with van der Waals surface area (Å²) in [6.45, 7) is 2.13. The number of benzene rings is 1. The molecule has 0 saturated heterocycles. The Morgan fingerprint density at radius 3 is 2.82 bits per heavy atom. The molecule has 1 aromatic heterocycles. The van der Waals surface area contributed by atoms with E-state index in [1.54, 1.807) is 6.07 Å². The molecule has 0 radical (unpaired) electrons. The van der Waals surface area contributed by atoms with E-state index in [1.807, 2.05) is 24.3 Å². The Balaban J connectivity index is 2.32. The van der Waals surface area contributed by atoms with Crippen molar-refractivity contribution in [2.45, 2.75) is 38.7 Å². The van der Waals surface area contributed by atoms with Crippen LogP contribution in [-0.4, -0.2) is 21.2 Å². The number of carboxylic acids is 1. The number of rotatable bonds is 7. The van der Waals surface area contributed by atoms with Gasteiger partial charge in [0.25, 0.3) is 0 Å². The molecule has 2 rings (SSSR count). The van der Waals surface area contributed by atoms with Gasteiger partial charge in [-0.25, -0.2) is 9.78 Å². The Bertz CT molecular complexity index is 679. The van der Waals surface area contributed by atoms with Crippen molar-refractivity contribution in [1.29, 1.82) is 0 Å². The SMILES string of the molecule is CCCCCC(O)c1cccc2ccc(/C=C/C(=O)O)nc12. The van der Waals surface area contributed by atoms with Gasteiger partial charge < -0.3 is 10.2 Å². The summed E-state index contributed by atoms with van der Waals surface area (Å²) < 4.78 is 0. The summed E-state index contributed by atoms with van der Waals surface area (Å²) in [5, 5.41) is 20.0. The first kappa shape index (κ1) is 16.2. The summed E-state index contributed by atoms with van der Waals surface area (Å²) in [6, 6.07) is 9.40. The molecule has 0 fully saturated rings. The van der Waals surface area contributed by atoms with Crippen LogP contribution in [0.25, 0.3) is 17.0 Å². The molecule has 4 heteroatoms. The number of aromatic nitrogens is 1. The van der Waals surface area contributed by atoms with Crippen molar-refractivity contribution in [2.24, 2.45) is 0 Å². The number of carboxylic acid groups (broad SMARTS) is 1. The highest BCUT2D eigenvalue weighted by Crippen LogP contribution is 2.26. The van der Waals surface area contributed by atoms with E-state index in [9.17, 15) is 9.90 Å². The van der Waals surface area contributed by atoms with Gasteiger partial charge in [-0.05, 0) is 18.6 Å². The van der Waals surface area contributed by atoms with Crippen LogP contribution in [0.4, 0.5) is 0 Å². The van der Waals surface area contributed by atoms with Gasteiger partial charge in [0.15, 0.2) is 0 Å². The topological polar surface area (TPSA) is 70.4 Å². The minimum Gasteiger partial charge on any atom is -0.478 e. The van der Waals surface area contributed by atoms with Gasteiger partial charge in [-0.3, -0.25) is 0 Å². The van der Waals surface area contributed by atoms with Crippen LogP contribution in [0.15, 0.2) is 36.4 Å². The Labute approximate surface area is 130 Å².